The van der Waals surface area contributed by atoms with Crippen LogP contribution in [-0.4, -0.2) is 25.7 Å². The molecule has 1 fully saturated rings. The summed E-state index contributed by atoms with van der Waals surface area (Å²) >= 11 is 0. The molecule has 0 spiro atoms. The minimum Gasteiger partial charge on any atom is -0.364 e. The standard InChI is InChI=1S/C11H11F5N2/c1-5-4-18(3-2-17-5)11-9(15)7(13)6(12)8(14)10(11)16/h5,17H,2-4H2,1H3/t5-/m1/s1. The lowest BCUT2D eigenvalue weighted by molar-refractivity contribution is 0.373. The van der Waals surface area contributed by atoms with E-state index in [4.69, 9.17) is 0 Å². The largest absolute Gasteiger partial charge is 0.364 e. The number of nitrogens with one attached hydrogen (secondary N) is 1. The molecular formula is C11H11F5N2. The molecule has 0 radical (unpaired) electrons. The Morgan fingerprint density at radius 3 is 1.94 bits per heavy atom. The van der Waals surface area contributed by atoms with Gasteiger partial charge in [-0.25, -0.2) is 22.0 Å². The van der Waals surface area contributed by atoms with Crippen LogP contribution < -0.4 is 10.2 Å². The number of piperazine rings is 1. The first kappa shape index (κ1) is 13.1. The van der Waals surface area contributed by atoms with E-state index in [-0.39, 0.29) is 19.1 Å². The van der Waals surface area contributed by atoms with Crippen molar-refractivity contribution in [2.24, 2.45) is 0 Å². The fourth-order valence-corrected chi connectivity index (χ4v) is 2.01. The Kier molecular flexibility index (Phi) is 3.43. The SMILES string of the molecule is C[C@@H]1CN(c2c(F)c(F)c(F)c(F)c2F)CCN1. The Bertz CT molecular complexity index is 448. The van der Waals surface area contributed by atoms with Gasteiger partial charge >= 0.3 is 0 Å². The molecule has 1 aromatic rings. The summed E-state index contributed by atoms with van der Waals surface area (Å²) in [6.07, 6.45) is 0. The summed E-state index contributed by atoms with van der Waals surface area (Å²) in [6.45, 7) is 2.54. The molecule has 1 heterocycles. The summed E-state index contributed by atoms with van der Waals surface area (Å²) in [7, 11) is 0. The number of halogens is 5. The maximum absolute atomic E-state index is 13.5. The molecule has 1 aliphatic rings. The molecule has 2 rings (SSSR count). The van der Waals surface area contributed by atoms with Crippen molar-refractivity contribution in [1.82, 2.24) is 5.32 Å². The van der Waals surface area contributed by atoms with Crippen LogP contribution in [0, 0.1) is 29.1 Å². The average Bonchev–Trinajstić information content (AvgIpc) is 2.34. The second-order valence-corrected chi connectivity index (χ2v) is 4.22. The van der Waals surface area contributed by atoms with E-state index in [2.05, 4.69) is 5.32 Å². The number of benzene rings is 1. The molecular weight excluding hydrogens is 255 g/mol. The monoisotopic (exact) mass is 266 g/mol. The number of nitrogens with zero attached hydrogens (tertiary/aromatic N) is 1. The van der Waals surface area contributed by atoms with Crippen LogP contribution in [-0.2, 0) is 0 Å². The van der Waals surface area contributed by atoms with Gasteiger partial charge in [0.15, 0.2) is 23.3 Å². The van der Waals surface area contributed by atoms with Crippen molar-refractivity contribution in [2.75, 3.05) is 24.5 Å². The molecule has 100 valence electrons. The van der Waals surface area contributed by atoms with Crippen molar-refractivity contribution in [3.63, 3.8) is 0 Å². The third-order valence-corrected chi connectivity index (χ3v) is 2.87. The first-order valence-corrected chi connectivity index (χ1v) is 5.43. The van der Waals surface area contributed by atoms with Crippen LogP contribution in [0.3, 0.4) is 0 Å². The van der Waals surface area contributed by atoms with Gasteiger partial charge in [-0.05, 0) is 6.92 Å². The van der Waals surface area contributed by atoms with Crippen LogP contribution >= 0.6 is 0 Å². The first-order valence-electron chi connectivity index (χ1n) is 5.43. The van der Waals surface area contributed by atoms with E-state index in [1.165, 1.54) is 0 Å². The number of rotatable bonds is 1. The van der Waals surface area contributed by atoms with Gasteiger partial charge in [-0.3, -0.25) is 0 Å². The summed E-state index contributed by atoms with van der Waals surface area (Å²) < 4.78 is 66.0. The van der Waals surface area contributed by atoms with Gasteiger partial charge in [-0.15, -0.1) is 0 Å². The van der Waals surface area contributed by atoms with Crippen molar-refractivity contribution in [2.45, 2.75) is 13.0 Å². The molecule has 0 bridgehead atoms. The maximum Gasteiger partial charge on any atom is 0.200 e. The molecule has 1 aliphatic heterocycles. The minimum absolute atomic E-state index is 0.0891. The van der Waals surface area contributed by atoms with Gasteiger partial charge in [0, 0.05) is 25.7 Å². The Morgan fingerprint density at radius 2 is 1.44 bits per heavy atom. The molecule has 2 nitrogen and oxygen atoms in total. The van der Waals surface area contributed by atoms with Gasteiger partial charge < -0.3 is 10.2 Å². The lowest BCUT2D eigenvalue weighted by Gasteiger charge is -2.34. The highest BCUT2D eigenvalue weighted by Gasteiger charge is 2.30. The third-order valence-electron chi connectivity index (χ3n) is 2.87. The molecule has 0 saturated carbocycles. The molecule has 0 aliphatic carbocycles. The molecule has 1 N–H and O–H groups in total. The third kappa shape index (κ3) is 2.03. The van der Waals surface area contributed by atoms with Gasteiger partial charge in [0.25, 0.3) is 0 Å². The maximum atomic E-state index is 13.5. The topological polar surface area (TPSA) is 15.3 Å². The smallest absolute Gasteiger partial charge is 0.200 e. The van der Waals surface area contributed by atoms with E-state index < -0.39 is 34.8 Å². The fraction of sp³-hybridized carbons (Fsp3) is 0.455. The highest BCUT2D eigenvalue weighted by atomic mass is 19.2. The van der Waals surface area contributed by atoms with Gasteiger partial charge in [-0.2, -0.15) is 0 Å². The lowest BCUT2D eigenvalue weighted by Crippen LogP contribution is -2.50. The van der Waals surface area contributed by atoms with Crippen LogP contribution in [0.15, 0.2) is 0 Å². The Hall–Kier alpha value is -1.37. The molecule has 1 saturated heterocycles. The van der Waals surface area contributed by atoms with Gasteiger partial charge in [0.05, 0.1) is 0 Å². The Balaban J connectivity index is 2.50. The van der Waals surface area contributed by atoms with Gasteiger partial charge in [-0.1, -0.05) is 0 Å². The molecule has 0 unspecified atom stereocenters. The Labute approximate surface area is 100 Å². The normalized spacial score (nSPS) is 20.3. The zero-order valence-electron chi connectivity index (χ0n) is 9.54. The van der Waals surface area contributed by atoms with Crippen LogP contribution in [0.2, 0.25) is 0 Å². The second kappa shape index (κ2) is 4.72. The fourth-order valence-electron chi connectivity index (χ4n) is 2.01. The molecule has 0 aromatic heterocycles. The summed E-state index contributed by atoms with van der Waals surface area (Å²) in [5, 5.41) is 3.01. The van der Waals surface area contributed by atoms with E-state index in [0.717, 1.165) is 4.90 Å². The summed E-state index contributed by atoms with van der Waals surface area (Å²) in [6, 6.07) is -0.0891. The first-order chi connectivity index (χ1) is 8.43. The number of hydrogen-bond acceptors (Lipinski definition) is 2. The van der Waals surface area contributed by atoms with Crippen LogP contribution in [0.1, 0.15) is 6.92 Å². The van der Waals surface area contributed by atoms with E-state index in [1.807, 2.05) is 0 Å². The van der Waals surface area contributed by atoms with E-state index >= 15 is 0 Å². The molecule has 7 heteroatoms. The Morgan fingerprint density at radius 1 is 0.944 bits per heavy atom. The molecule has 1 atom stereocenters. The van der Waals surface area contributed by atoms with Crippen LogP contribution in [0.4, 0.5) is 27.6 Å². The van der Waals surface area contributed by atoms with Crippen molar-refractivity contribution < 1.29 is 22.0 Å². The van der Waals surface area contributed by atoms with Gasteiger partial charge in [0.2, 0.25) is 5.82 Å². The summed E-state index contributed by atoms with van der Waals surface area (Å²) in [5.41, 5.74) is -0.847. The second-order valence-electron chi connectivity index (χ2n) is 4.22. The highest BCUT2D eigenvalue weighted by molar-refractivity contribution is 5.51. The van der Waals surface area contributed by atoms with Gasteiger partial charge in [0.1, 0.15) is 5.69 Å². The molecule has 1 aromatic carbocycles. The summed E-state index contributed by atoms with van der Waals surface area (Å²) in [4.78, 5) is 1.16. The van der Waals surface area contributed by atoms with Crippen molar-refractivity contribution >= 4 is 5.69 Å². The van der Waals surface area contributed by atoms with E-state index in [0.29, 0.717) is 6.54 Å². The zero-order chi connectivity index (χ0) is 13.4. The molecule has 18 heavy (non-hydrogen) atoms. The molecule has 0 amide bonds. The van der Waals surface area contributed by atoms with Crippen molar-refractivity contribution in [3.8, 4) is 0 Å². The van der Waals surface area contributed by atoms with E-state index in [9.17, 15) is 22.0 Å². The van der Waals surface area contributed by atoms with Crippen LogP contribution in [0.5, 0.6) is 0 Å². The van der Waals surface area contributed by atoms with Crippen LogP contribution in [0.25, 0.3) is 0 Å². The number of hydrogen-bond donors (Lipinski definition) is 1. The summed E-state index contributed by atoms with van der Waals surface area (Å²) in [5.74, 6) is -9.50. The zero-order valence-corrected chi connectivity index (χ0v) is 9.54. The average molecular weight is 266 g/mol. The lowest BCUT2D eigenvalue weighted by atomic mass is 10.1. The highest BCUT2D eigenvalue weighted by Crippen LogP contribution is 2.30. The number of anilines is 1. The van der Waals surface area contributed by atoms with Crippen molar-refractivity contribution in [3.05, 3.63) is 29.1 Å². The quantitative estimate of drug-likeness (QED) is 0.476. The van der Waals surface area contributed by atoms with E-state index in [1.54, 1.807) is 6.92 Å². The predicted molar refractivity (Wildman–Crippen MR) is 55.9 cm³/mol. The van der Waals surface area contributed by atoms with Crippen molar-refractivity contribution in [1.29, 1.82) is 0 Å². The minimum atomic E-state index is -2.13. The predicted octanol–water partition coefficient (Wildman–Crippen LogP) is 2.18.